The predicted molar refractivity (Wildman–Crippen MR) is 80.1 cm³/mol. The summed E-state index contributed by atoms with van der Waals surface area (Å²) in [6.07, 6.45) is 2.30. The Morgan fingerprint density at radius 3 is 2.65 bits per heavy atom. The summed E-state index contributed by atoms with van der Waals surface area (Å²) in [6, 6.07) is 4.64. The second kappa shape index (κ2) is 5.83. The van der Waals surface area contributed by atoms with E-state index in [1.807, 2.05) is 6.92 Å². The molecule has 1 aliphatic rings. The first kappa shape index (κ1) is 14.8. The van der Waals surface area contributed by atoms with Crippen LogP contribution in [0.25, 0.3) is 0 Å². The van der Waals surface area contributed by atoms with Gasteiger partial charge in [-0.15, -0.1) is 0 Å². The van der Waals surface area contributed by atoms with Gasteiger partial charge in [-0.05, 0) is 43.9 Å². The minimum Gasteiger partial charge on any atom is -0.478 e. The monoisotopic (exact) mass is 340 g/mol. The van der Waals surface area contributed by atoms with E-state index in [1.165, 1.54) is 6.07 Å². The highest BCUT2D eigenvalue weighted by Crippen LogP contribution is 2.34. The summed E-state index contributed by atoms with van der Waals surface area (Å²) >= 11 is 3.22. The zero-order chi connectivity index (χ0) is 14.9. The van der Waals surface area contributed by atoms with Gasteiger partial charge in [0.05, 0.1) is 11.3 Å². The van der Waals surface area contributed by atoms with E-state index < -0.39 is 5.97 Å². The van der Waals surface area contributed by atoms with Gasteiger partial charge in [0.15, 0.2) is 0 Å². The summed E-state index contributed by atoms with van der Waals surface area (Å²) in [5, 5.41) is 11.8. The predicted octanol–water partition coefficient (Wildman–Crippen LogP) is 3.41. The highest BCUT2D eigenvalue weighted by Gasteiger charge is 2.32. The molecule has 0 saturated heterocycles. The molecular formula is C14H17BrN2O3. The van der Waals surface area contributed by atoms with E-state index in [2.05, 4.69) is 21.2 Å². The summed E-state index contributed by atoms with van der Waals surface area (Å²) in [6.45, 7) is 2.01. The molecule has 1 aromatic carbocycles. The molecule has 1 aliphatic carbocycles. The van der Waals surface area contributed by atoms with Crippen LogP contribution in [0.2, 0.25) is 0 Å². The second-order valence-corrected chi connectivity index (χ2v) is 6.03. The van der Waals surface area contributed by atoms with Crippen LogP contribution in [0.5, 0.6) is 0 Å². The molecule has 0 heterocycles. The fourth-order valence-corrected chi connectivity index (χ4v) is 2.45. The molecule has 1 fully saturated rings. The Morgan fingerprint density at radius 1 is 1.45 bits per heavy atom. The Labute approximate surface area is 126 Å². The lowest BCUT2D eigenvalue weighted by Crippen LogP contribution is -2.39. The lowest BCUT2D eigenvalue weighted by Gasteiger charge is -2.25. The smallest absolute Gasteiger partial charge is 0.337 e. The third-order valence-corrected chi connectivity index (χ3v) is 4.18. The number of carboxylic acids is 1. The van der Waals surface area contributed by atoms with Gasteiger partial charge in [-0.25, -0.2) is 9.59 Å². The van der Waals surface area contributed by atoms with E-state index in [9.17, 15) is 9.59 Å². The Bertz CT molecular complexity index is 543. The Balaban J connectivity index is 2.12. The molecule has 6 heteroatoms. The quantitative estimate of drug-likeness (QED) is 0.882. The summed E-state index contributed by atoms with van der Waals surface area (Å²) in [4.78, 5) is 25.0. The molecule has 20 heavy (non-hydrogen) atoms. The van der Waals surface area contributed by atoms with Crippen LogP contribution >= 0.6 is 15.9 Å². The number of hydrogen-bond acceptors (Lipinski definition) is 2. The van der Waals surface area contributed by atoms with Gasteiger partial charge in [0, 0.05) is 17.6 Å². The Hall–Kier alpha value is -1.56. The Kier molecular flexibility index (Phi) is 4.32. The van der Waals surface area contributed by atoms with Crippen LogP contribution in [0.1, 0.15) is 30.1 Å². The van der Waals surface area contributed by atoms with Gasteiger partial charge in [-0.2, -0.15) is 0 Å². The van der Waals surface area contributed by atoms with Gasteiger partial charge in [0.2, 0.25) is 0 Å². The zero-order valence-electron chi connectivity index (χ0n) is 11.4. The third-order valence-electron chi connectivity index (χ3n) is 3.69. The number of benzene rings is 1. The van der Waals surface area contributed by atoms with Gasteiger partial charge >= 0.3 is 12.0 Å². The van der Waals surface area contributed by atoms with Crippen molar-refractivity contribution in [3.8, 4) is 0 Å². The number of aromatic carboxylic acids is 1. The molecule has 1 atom stereocenters. The molecule has 0 aromatic heterocycles. The topological polar surface area (TPSA) is 69.6 Å². The average molecular weight is 341 g/mol. The van der Waals surface area contributed by atoms with Crippen LogP contribution in [0.4, 0.5) is 10.5 Å². The van der Waals surface area contributed by atoms with Crippen LogP contribution in [-0.4, -0.2) is 35.1 Å². The summed E-state index contributed by atoms with van der Waals surface area (Å²) in [7, 11) is 1.73. The van der Waals surface area contributed by atoms with Crippen molar-refractivity contribution in [3.63, 3.8) is 0 Å². The first-order valence-electron chi connectivity index (χ1n) is 6.47. The summed E-state index contributed by atoms with van der Waals surface area (Å²) in [5.41, 5.74) is 0.376. The molecule has 0 aliphatic heterocycles. The number of urea groups is 1. The molecule has 108 valence electrons. The molecule has 5 nitrogen and oxygen atoms in total. The third kappa shape index (κ3) is 3.30. The van der Waals surface area contributed by atoms with Crippen molar-refractivity contribution in [3.05, 3.63) is 28.2 Å². The van der Waals surface area contributed by atoms with Gasteiger partial charge in [-0.3, -0.25) is 0 Å². The van der Waals surface area contributed by atoms with Gasteiger partial charge < -0.3 is 15.3 Å². The van der Waals surface area contributed by atoms with Gasteiger partial charge in [-0.1, -0.05) is 15.9 Å². The fourth-order valence-electron chi connectivity index (χ4n) is 2.09. The van der Waals surface area contributed by atoms with Crippen molar-refractivity contribution in [2.45, 2.75) is 25.8 Å². The maximum atomic E-state index is 12.2. The maximum absolute atomic E-state index is 12.2. The fraction of sp³-hybridized carbons (Fsp3) is 0.429. The molecular weight excluding hydrogens is 324 g/mol. The molecule has 1 aromatic rings. The van der Waals surface area contributed by atoms with Crippen molar-refractivity contribution in [1.82, 2.24) is 4.90 Å². The van der Waals surface area contributed by atoms with E-state index in [0.717, 1.165) is 12.8 Å². The van der Waals surface area contributed by atoms with E-state index in [4.69, 9.17) is 5.11 Å². The number of nitrogens with zero attached hydrogens (tertiary/aromatic N) is 1. The van der Waals surface area contributed by atoms with Crippen molar-refractivity contribution >= 4 is 33.6 Å². The van der Waals surface area contributed by atoms with Crippen molar-refractivity contribution < 1.29 is 14.7 Å². The highest BCUT2D eigenvalue weighted by atomic mass is 79.9. The largest absolute Gasteiger partial charge is 0.478 e. The normalized spacial score (nSPS) is 15.6. The lowest BCUT2D eigenvalue weighted by molar-refractivity contribution is 0.0698. The molecule has 1 saturated carbocycles. The molecule has 2 rings (SSSR count). The molecule has 2 amide bonds. The number of amides is 2. The zero-order valence-corrected chi connectivity index (χ0v) is 13.0. The molecule has 0 bridgehead atoms. The number of hydrogen-bond donors (Lipinski definition) is 2. The van der Waals surface area contributed by atoms with Gasteiger partial charge in [0.25, 0.3) is 0 Å². The lowest BCUT2D eigenvalue weighted by atomic mass is 10.1. The minimum absolute atomic E-state index is 0.0696. The van der Waals surface area contributed by atoms with E-state index in [1.54, 1.807) is 24.1 Å². The number of anilines is 1. The average Bonchev–Trinajstić information content (AvgIpc) is 3.23. The molecule has 0 spiro atoms. The minimum atomic E-state index is -1.07. The first-order chi connectivity index (χ1) is 9.40. The standard InChI is InChI=1S/C14H17BrN2O3/c1-8(9-3-4-9)17(2)14(20)16-12-6-5-10(15)7-11(12)13(18)19/h5-9H,3-4H2,1-2H3,(H,16,20)(H,18,19). The number of carbonyl (C=O) groups excluding carboxylic acids is 1. The van der Waals surface area contributed by atoms with Crippen LogP contribution < -0.4 is 5.32 Å². The van der Waals surface area contributed by atoms with E-state index in [-0.39, 0.29) is 17.6 Å². The van der Waals surface area contributed by atoms with Crippen LogP contribution in [-0.2, 0) is 0 Å². The molecule has 0 radical (unpaired) electrons. The number of nitrogens with one attached hydrogen (secondary N) is 1. The Morgan fingerprint density at radius 2 is 2.10 bits per heavy atom. The van der Waals surface area contributed by atoms with Crippen LogP contribution in [0.3, 0.4) is 0 Å². The summed E-state index contributed by atoms with van der Waals surface area (Å²) in [5.74, 6) is -0.505. The number of rotatable bonds is 4. The van der Waals surface area contributed by atoms with E-state index >= 15 is 0 Å². The van der Waals surface area contributed by atoms with Crippen LogP contribution in [0, 0.1) is 5.92 Å². The number of carboxylic acid groups (broad SMARTS) is 1. The van der Waals surface area contributed by atoms with Crippen LogP contribution in [0.15, 0.2) is 22.7 Å². The number of carbonyl (C=O) groups is 2. The van der Waals surface area contributed by atoms with Gasteiger partial charge in [0.1, 0.15) is 0 Å². The first-order valence-corrected chi connectivity index (χ1v) is 7.26. The molecule has 2 N–H and O–H groups in total. The highest BCUT2D eigenvalue weighted by molar-refractivity contribution is 9.10. The van der Waals surface area contributed by atoms with Crippen molar-refractivity contribution in [2.75, 3.05) is 12.4 Å². The summed E-state index contributed by atoms with van der Waals surface area (Å²) < 4.78 is 0.660. The molecule has 1 unspecified atom stereocenters. The number of halogens is 1. The SMILES string of the molecule is CC(C1CC1)N(C)C(=O)Nc1ccc(Br)cc1C(=O)O. The van der Waals surface area contributed by atoms with E-state index in [0.29, 0.717) is 16.1 Å². The second-order valence-electron chi connectivity index (χ2n) is 5.11. The van der Waals surface area contributed by atoms with Crippen molar-refractivity contribution in [2.24, 2.45) is 5.92 Å². The van der Waals surface area contributed by atoms with Crippen molar-refractivity contribution in [1.29, 1.82) is 0 Å². The maximum Gasteiger partial charge on any atom is 0.337 e.